The fraction of sp³-hybridized carbons (Fsp3) is 1.00. The van der Waals surface area contributed by atoms with Gasteiger partial charge in [0.15, 0.2) is 0 Å². The summed E-state index contributed by atoms with van der Waals surface area (Å²) < 4.78 is 0. The van der Waals surface area contributed by atoms with Crippen molar-refractivity contribution in [2.45, 2.75) is 64.0 Å². The van der Waals surface area contributed by atoms with Crippen LogP contribution in [0.25, 0.3) is 0 Å². The molecule has 2 fully saturated rings. The Hall–Kier alpha value is -0.0800. The molecule has 2 nitrogen and oxygen atoms in total. The molecule has 0 heterocycles. The lowest BCUT2D eigenvalue weighted by atomic mass is 10.1. The second-order valence-corrected chi connectivity index (χ2v) is 5.73. The smallest absolute Gasteiger partial charge is 0.0107 e. The highest BCUT2D eigenvalue weighted by atomic mass is 15.1. The topological polar surface area (TPSA) is 15.3 Å². The van der Waals surface area contributed by atoms with E-state index >= 15 is 0 Å². The highest BCUT2D eigenvalue weighted by Crippen LogP contribution is 2.33. The highest BCUT2D eigenvalue weighted by Gasteiger charge is 2.29. The molecule has 2 rings (SSSR count). The Labute approximate surface area is 101 Å². The lowest BCUT2D eigenvalue weighted by molar-refractivity contribution is 0.240. The molecule has 0 bridgehead atoms. The highest BCUT2D eigenvalue weighted by molar-refractivity contribution is 4.85. The molecule has 94 valence electrons. The molecule has 1 unspecified atom stereocenters. The van der Waals surface area contributed by atoms with Gasteiger partial charge in [-0.25, -0.2) is 0 Å². The Balaban J connectivity index is 1.58. The summed E-state index contributed by atoms with van der Waals surface area (Å²) in [5.74, 6) is 1.00. The lowest BCUT2D eigenvalue weighted by Crippen LogP contribution is -2.39. The van der Waals surface area contributed by atoms with Crippen molar-refractivity contribution in [2.24, 2.45) is 5.92 Å². The molecule has 0 aromatic carbocycles. The molecule has 1 atom stereocenters. The molecule has 0 aromatic rings. The van der Waals surface area contributed by atoms with Crippen molar-refractivity contribution in [2.75, 3.05) is 20.1 Å². The Morgan fingerprint density at radius 2 is 1.88 bits per heavy atom. The third-order valence-corrected chi connectivity index (χ3v) is 4.45. The van der Waals surface area contributed by atoms with Gasteiger partial charge in [-0.05, 0) is 45.1 Å². The Morgan fingerprint density at radius 1 is 1.19 bits per heavy atom. The summed E-state index contributed by atoms with van der Waals surface area (Å²) in [6.45, 7) is 4.73. The first-order chi connectivity index (χ1) is 7.81. The van der Waals surface area contributed by atoms with Crippen LogP contribution in [-0.4, -0.2) is 37.1 Å². The van der Waals surface area contributed by atoms with Gasteiger partial charge < -0.3 is 10.2 Å². The standard InChI is InChI=1S/C14H28N2/c1-3-14(12-8-9-12)15-10-11-16(2)13-6-4-5-7-13/h12-15H,3-11H2,1-2H3. The number of rotatable bonds is 7. The molecule has 2 saturated carbocycles. The maximum Gasteiger partial charge on any atom is 0.0107 e. The van der Waals surface area contributed by atoms with Crippen LogP contribution in [-0.2, 0) is 0 Å². The van der Waals surface area contributed by atoms with E-state index in [4.69, 9.17) is 0 Å². The predicted octanol–water partition coefficient (Wildman–Crippen LogP) is 2.64. The average Bonchev–Trinajstić information content (AvgIpc) is 2.97. The molecule has 2 heteroatoms. The summed E-state index contributed by atoms with van der Waals surface area (Å²) in [6, 6.07) is 1.68. The van der Waals surface area contributed by atoms with Crippen LogP contribution in [0.2, 0.25) is 0 Å². The Morgan fingerprint density at radius 3 is 2.44 bits per heavy atom. The minimum Gasteiger partial charge on any atom is -0.312 e. The van der Waals surface area contributed by atoms with Crippen LogP contribution < -0.4 is 5.32 Å². The van der Waals surface area contributed by atoms with Crippen molar-refractivity contribution >= 4 is 0 Å². The quantitative estimate of drug-likeness (QED) is 0.715. The molecular weight excluding hydrogens is 196 g/mol. The normalized spacial score (nSPS) is 24.2. The zero-order valence-electron chi connectivity index (χ0n) is 11.0. The van der Waals surface area contributed by atoms with E-state index in [9.17, 15) is 0 Å². The van der Waals surface area contributed by atoms with E-state index in [1.807, 2.05) is 0 Å². The van der Waals surface area contributed by atoms with Gasteiger partial charge >= 0.3 is 0 Å². The average molecular weight is 224 g/mol. The predicted molar refractivity (Wildman–Crippen MR) is 69.7 cm³/mol. The Kier molecular flexibility index (Phi) is 4.66. The maximum absolute atomic E-state index is 3.74. The summed E-state index contributed by atoms with van der Waals surface area (Å²) in [4.78, 5) is 2.57. The number of hydrogen-bond acceptors (Lipinski definition) is 2. The van der Waals surface area contributed by atoms with Crippen molar-refractivity contribution in [1.29, 1.82) is 0 Å². The van der Waals surface area contributed by atoms with Gasteiger partial charge in [0.05, 0.1) is 0 Å². The van der Waals surface area contributed by atoms with Crippen molar-refractivity contribution in [3.63, 3.8) is 0 Å². The summed E-state index contributed by atoms with van der Waals surface area (Å²) >= 11 is 0. The van der Waals surface area contributed by atoms with Crippen LogP contribution in [0.1, 0.15) is 51.9 Å². The molecule has 2 aliphatic rings. The van der Waals surface area contributed by atoms with Gasteiger partial charge in [0.25, 0.3) is 0 Å². The molecule has 1 N–H and O–H groups in total. The number of nitrogens with zero attached hydrogens (tertiary/aromatic N) is 1. The third-order valence-electron chi connectivity index (χ3n) is 4.45. The second-order valence-electron chi connectivity index (χ2n) is 5.73. The minimum absolute atomic E-state index is 0.803. The zero-order valence-corrected chi connectivity index (χ0v) is 11.0. The van der Waals surface area contributed by atoms with E-state index in [1.165, 1.54) is 58.0 Å². The van der Waals surface area contributed by atoms with E-state index in [0.29, 0.717) is 0 Å². The molecular formula is C14H28N2. The number of likely N-dealkylation sites (N-methyl/N-ethyl adjacent to an activating group) is 1. The van der Waals surface area contributed by atoms with Crippen molar-refractivity contribution < 1.29 is 0 Å². The van der Waals surface area contributed by atoms with Crippen LogP contribution in [0.5, 0.6) is 0 Å². The third kappa shape index (κ3) is 3.46. The van der Waals surface area contributed by atoms with Crippen LogP contribution in [0.4, 0.5) is 0 Å². The first-order valence-electron chi connectivity index (χ1n) is 7.25. The van der Waals surface area contributed by atoms with Gasteiger partial charge in [-0.2, -0.15) is 0 Å². The first-order valence-corrected chi connectivity index (χ1v) is 7.25. The van der Waals surface area contributed by atoms with Crippen LogP contribution >= 0.6 is 0 Å². The van der Waals surface area contributed by atoms with Crippen molar-refractivity contribution in [3.05, 3.63) is 0 Å². The molecule has 16 heavy (non-hydrogen) atoms. The van der Waals surface area contributed by atoms with E-state index in [0.717, 1.165) is 18.0 Å². The van der Waals surface area contributed by atoms with Gasteiger partial charge in [0.2, 0.25) is 0 Å². The molecule has 0 saturated heterocycles. The summed E-state index contributed by atoms with van der Waals surface area (Å²) in [5, 5.41) is 3.74. The van der Waals surface area contributed by atoms with Crippen LogP contribution in [0.3, 0.4) is 0 Å². The minimum atomic E-state index is 0.803. The van der Waals surface area contributed by atoms with Gasteiger partial charge in [-0.3, -0.25) is 0 Å². The fourth-order valence-corrected chi connectivity index (χ4v) is 3.10. The van der Waals surface area contributed by atoms with E-state index in [1.54, 1.807) is 0 Å². The molecule has 0 aliphatic heterocycles. The molecule has 0 amide bonds. The number of hydrogen-bond donors (Lipinski definition) is 1. The maximum atomic E-state index is 3.74. The monoisotopic (exact) mass is 224 g/mol. The molecule has 0 radical (unpaired) electrons. The van der Waals surface area contributed by atoms with Gasteiger partial charge in [-0.15, -0.1) is 0 Å². The van der Waals surface area contributed by atoms with Gasteiger partial charge in [0.1, 0.15) is 0 Å². The molecule has 2 aliphatic carbocycles. The van der Waals surface area contributed by atoms with Crippen molar-refractivity contribution in [3.8, 4) is 0 Å². The Bertz CT molecular complexity index is 195. The lowest BCUT2D eigenvalue weighted by Gasteiger charge is -2.25. The second kappa shape index (κ2) is 6.02. The summed E-state index contributed by atoms with van der Waals surface area (Å²) in [5.41, 5.74) is 0. The van der Waals surface area contributed by atoms with E-state index in [2.05, 4.69) is 24.2 Å². The number of nitrogens with one attached hydrogen (secondary N) is 1. The van der Waals surface area contributed by atoms with Crippen LogP contribution in [0, 0.1) is 5.92 Å². The zero-order chi connectivity index (χ0) is 11.4. The molecule has 0 aromatic heterocycles. The van der Waals surface area contributed by atoms with Crippen LogP contribution in [0.15, 0.2) is 0 Å². The fourth-order valence-electron chi connectivity index (χ4n) is 3.10. The van der Waals surface area contributed by atoms with E-state index in [-0.39, 0.29) is 0 Å². The van der Waals surface area contributed by atoms with Crippen molar-refractivity contribution in [1.82, 2.24) is 10.2 Å². The summed E-state index contributed by atoms with van der Waals surface area (Å²) in [6.07, 6.45) is 9.97. The van der Waals surface area contributed by atoms with Gasteiger partial charge in [0, 0.05) is 25.2 Å². The molecule has 0 spiro atoms. The summed E-state index contributed by atoms with van der Waals surface area (Å²) in [7, 11) is 2.30. The largest absolute Gasteiger partial charge is 0.312 e. The SMILES string of the molecule is CCC(NCCN(C)C1CCCC1)C1CC1. The first kappa shape index (κ1) is 12.4. The van der Waals surface area contributed by atoms with E-state index < -0.39 is 0 Å². The van der Waals surface area contributed by atoms with Gasteiger partial charge in [-0.1, -0.05) is 19.8 Å².